The smallest absolute Gasteiger partial charge is 0.409 e. The normalized spacial score (nSPS) is 11.7. The molecule has 0 saturated carbocycles. The van der Waals surface area contributed by atoms with Crippen LogP contribution in [0.5, 0.6) is 0 Å². The van der Waals surface area contributed by atoms with E-state index in [4.69, 9.17) is 4.74 Å². The number of methoxy groups -OCH3 is 1. The van der Waals surface area contributed by atoms with Crippen LogP contribution in [-0.4, -0.2) is 19.3 Å². The Kier molecular flexibility index (Phi) is 5.44. The van der Waals surface area contributed by atoms with Gasteiger partial charge in [0.25, 0.3) is 0 Å². The van der Waals surface area contributed by atoms with Crippen LogP contribution in [0.2, 0.25) is 0 Å². The molecule has 0 aliphatic rings. The van der Waals surface area contributed by atoms with Crippen molar-refractivity contribution >= 4 is 12.0 Å². The molecule has 126 valence electrons. The molecule has 2 rings (SSSR count). The molecule has 0 aliphatic heterocycles. The molecule has 0 fully saturated rings. The first-order valence-corrected chi connectivity index (χ1v) is 7.43. The number of esters is 1. The summed E-state index contributed by atoms with van der Waals surface area (Å²) in [5.74, 6) is -0.529. The first-order chi connectivity index (χ1) is 11.4. The highest BCUT2D eigenvalue weighted by atomic mass is 19.4. The van der Waals surface area contributed by atoms with Crippen LogP contribution in [0.3, 0.4) is 0 Å². The molecule has 5 heteroatoms. The average molecular weight is 334 g/mol. The molecule has 2 aromatic carbocycles. The summed E-state index contributed by atoms with van der Waals surface area (Å²) in [6.45, 7) is 1.87. The first kappa shape index (κ1) is 17.8. The van der Waals surface area contributed by atoms with Gasteiger partial charge in [0.2, 0.25) is 0 Å². The lowest BCUT2D eigenvalue weighted by Gasteiger charge is -2.14. The zero-order valence-corrected chi connectivity index (χ0v) is 13.4. The second-order valence-electron chi connectivity index (χ2n) is 5.14. The zero-order valence-electron chi connectivity index (χ0n) is 13.4. The van der Waals surface area contributed by atoms with E-state index in [1.807, 2.05) is 6.92 Å². The van der Waals surface area contributed by atoms with E-state index in [2.05, 4.69) is 0 Å². The van der Waals surface area contributed by atoms with E-state index in [1.54, 1.807) is 42.5 Å². The number of ether oxygens (including phenoxy) is 1. The van der Waals surface area contributed by atoms with Gasteiger partial charge in [-0.25, -0.2) is 4.79 Å². The summed E-state index contributed by atoms with van der Waals surface area (Å²) in [6.07, 6.45) is -2.56. The van der Waals surface area contributed by atoms with Gasteiger partial charge in [-0.15, -0.1) is 0 Å². The van der Waals surface area contributed by atoms with E-state index in [0.717, 1.165) is 11.6 Å². The molecule has 24 heavy (non-hydrogen) atoms. The van der Waals surface area contributed by atoms with Gasteiger partial charge in [0.15, 0.2) is 0 Å². The molecule has 2 aromatic rings. The van der Waals surface area contributed by atoms with Crippen molar-refractivity contribution in [3.05, 3.63) is 65.2 Å². The molecule has 0 amide bonds. The minimum Gasteiger partial charge on any atom is -0.465 e. The SMILES string of the molecule is CCc1cccc(-c2ccccc2C(=O)OC)c1/C=C/C(F)(F)F. The van der Waals surface area contributed by atoms with Crippen molar-refractivity contribution in [2.24, 2.45) is 0 Å². The minimum atomic E-state index is -4.40. The van der Waals surface area contributed by atoms with Gasteiger partial charge in [-0.05, 0) is 40.8 Å². The summed E-state index contributed by atoms with van der Waals surface area (Å²) >= 11 is 0. The maximum absolute atomic E-state index is 12.6. The summed E-state index contributed by atoms with van der Waals surface area (Å²) in [6, 6.07) is 12.0. The Morgan fingerprint density at radius 1 is 1.08 bits per heavy atom. The number of halogens is 3. The van der Waals surface area contributed by atoms with Crippen LogP contribution in [0, 0.1) is 0 Å². The highest BCUT2D eigenvalue weighted by molar-refractivity contribution is 5.98. The molecule has 0 spiro atoms. The number of allylic oxidation sites excluding steroid dienone is 1. The third-order valence-corrected chi connectivity index (χ3v) is 3.64. The molecule has 2 nitrogen and oxygen atoms in total. The van der Waals surface area contributed by atoms with Gasteiger partial charge in [-0.3, -0.25) is 0 Å². The largest absolute Gasteiger partial charge is 0.465 e. The van der Waals surface area contributed by atoms with E-state index in [1.165, 1.54) is 7.11 Å². The van der Waals surface area contributed by atoms with E-state index in [9.17, 15) is 18.0 Å². The van der Waals surface area contributed by atoms with Crippen LogP contribution in [0.15, 0.2) is 48.5 Å². The van der Waals surface area contributed by atoms with Crippen molar-refractivity contribution in [1.82, 2.24) is 0 Å². The second-order valence-corrected chi connectivity index (χ2v) is 5.14. The van der Waals surface area contributed by atoms with E-state index in [0.29, 0.717) is 28.7 Å². The Morgan fingerprint density at radius 2 is 1.75 bits per heavy atom. The van der Waals surface area contributed by atoms with Gasteiger partial charge in [0.05, 0.1) is 12.7 Å². The van der Waals surface area contributed by atoms with Gasteiger partial charge in [-0.1, -0.05) is 43.3 Å². The number of aryl methyl sites for hydroxylation is 1. The molecule has 0 atom stereocenters. The van der Waals surface area contributed by atoms with Crippen LogP contribution in [0.4, 0.5) is 13.2 Å². The third-order valence-electron chi connectivity index (χ3n) is 3.64. The molecule has 0 aromatic heterocycles. The Hall–Kier alpha value is -2.56. The number of hydrogen-bond donors (Lipinski definition) is 0. The number of hydrogen-bond acceptors (Lipinski definition) is 2. The van der Waals surface area contributed by atoms with E-state index < -0.39 is 12.1 Å². The minimum absolute atomic E-state index is 0.214. The summed E-state index contributed by atoms with van der Waals surface area (Å²) in [7, 11) is 1.27. The number of benzene rings is 2. The molecule has 0 saturated heterocycles. The van der Waals surface area contributed by atoms with Crippen molar-refractivity contribution in [1.29, 1.82) is 0 Å². The lowest BCUT2D eigenvalue weighted by Crippen LogP contribution is -2.05. The van der Waals surface area contributed by atoms with Crippen LogP contribution < -0.4 is 0 Å². The lowest BCUT2D eigenvalue weighted by molar-refractivity contribution is -0.0790. The quantitative estimate of drug-likeness (QED) is 0.711. The van der Waals surface area contributed by atoms with Crippen molar-refractivity contribution in [3.63, 3.8) is 0 Å². The van der Waals surface area contributed by atoms with Gasteiger partial charge >= 0.3 is 12.1 Å². The molecule has 0 N–H and O–H groups in total. The highest BCUT2D eigenvalue weighted by Gasteiger charge is 2.23. The Bertz CT molecular complexity index is 761. The number of alkyl halides is 3. The summed E-state index contributed by atoms with van der Waals surface area (Å²) in [4.78, 5) is 12.0. The molecule has 0 unspecified atom stereocenters. The molecule has 0 radical (unpaired) electrons. The van der Waals surface area contributed by atoms with Crippen molar-refractivity contribution < 1.29 is 22.7 Å². The standard InChI is InChI=1S/C19H17F3O2/c1-3-13-7-6-10-15(14(13)11-12-19(20,21)22)16-8-4-5-9-17(16)18(23)24-2/h4-12H,3H2,1-2H3/b12-11+. The fourth-order valence-corrected chi connectivity index (χ4v) is 2.54. The first-order valence-electron chi connectivity index (χ1n) is 7.43. The van der Waals surface area contributed by atoms with Gasteiger partial charge < -0.3 is 4.74 Å². The fourth-order valence-electron chi connectivity index (χ4n) is 2.54. The maximum atomic E-state index is 12.6. The van der Waals surface area contributed by atoms with Gasteiger partial charge in [0, 0.05) is 6.08 Å². The number of carbonyl (C=O) groups excluding carboxylic acids is 1. The average Bonchev–Trinajstić information content (AvgIpc) is 2.58. The Morgan fingerprint density at radius 3 is 2.38 bits per heavy atom. The monoisotopic (exact) mass is 334 g/mol. The van der Waals surface area contributed by atoms with Gasteiger partial charge in [-0.2, -0.15) is 13.2 Å². The predicted molar refractivity (Wildman–Crippen MR) is 87.7 cm³/mol. The third kappa shape index (κ3) is 4.04. The zero-order chi connectivity index (χ0) is 17.7. The summed E-state index contributed by atoms with van der Waals surface area (Å²) in [5, 5.41) is 0. The van der Waals surface area contributed by atoms with Crippen LogP contribution >= 0.6 is 0 Å². The van der Waals surface area contributed by atoms with E-state index >= 15 is 0 Å². The predicted octanol–water partition coefficient (Wildman–Crippen LogP) is 5.28. The molecular weight excluding hydrogens is 317 g/mol. The lowest BCUT2D eigenvalue weighted by atomic mass is 9.91. The second kappa shape index (κ2) is 7.34. The molecule has 0 aliphatic carbocycles. The van der Waals surface area contributed by atoms with Gasteiger partial charge in [0.1, 0.15) is 0 Å². The Labute approximate surface area is 138 Å². The number of carbonyl (C=O) groups is 1. The topological polar surface area (TPSA) is 26.3 Å². The van der Waals surface area contributed by atoms with Crippen LogP contribution in [0.1, 0.15) is 28.4 Å². The molecule has 0 bridgehead atoms. The van der Waals surface area contributed by atoms with E-state index in [-0.39, 0.29) is 6.08 Å². The molecule has 0 heterocycles. The van der Waals surface area contributed by atoms with Crippen molar-refractivity contribution in [3.8, 4) is 11.1 Å². The fraction of sp³-hybridized carbons (Fsp3) is 0.211. The van der Waals surface area contributed by atoms with Crippen molar-refractivity contribution in [2.45, 2.75) is 19.5 Å². The maximum Gasteiger partial charge on any atom is 0.409 e. The summed E-state index contributed by atoms with van der Waals surface area (Å²) in [5.41, 5.74) is 2.65. The van der Waals surface area contributed by atoms with Crippen LogP contribution in [0.25, 0.3) is 17.2 Å². The van der Waals surface area contributed by atoms with Crippen LogP contribution in [-0.2, 0) is 11.2 Å². The van der Waals surface area contributed by atoms with Crippen molar-refractivity contribution in [2.75, 3.05) is 7.11 Å². The highest BCUT2D eigenvalue weighted by Crippen LogP contribution is 2.32. The summed E-state index contributed by atoms with van der Waals surface area (Å²) < 4.78 is 42.6. The Balaban J connectivity index is 2.68. The number of rotatable bonds is 4. The molecular formula is C19H17F3O2.